The minimum atomic E-state index is -0.499. The maximum atomic E-state index is 14.0. The zero-order valence-electron chi connectivity index (χ0n) is 21.2. The molecule has 40 heavy (non-hydrogen) atoms. The van der Waals surface area contributed by atoms with E-state index in [1.54, 1.807) is 23.8 Å². The minimum Gasteiger partial charge on any atom is -0.497 e. The number of methoxy groups -OCH3 is 1. The van der Waals surface area contributed by atoms with Crippen molar-refractivity contribution < 1.29 is 9.66 Å². The molecule has 0 saturated carbocycles. The molecule has 0 radical (unpaired) electrons. The average molecular weight is 613 g/mol. The van der Waals surface area contributed by atoms with Crippen LogP contribution in [-0.4, -0.2) is 21.6 Å². The third kappa shape index (κ3) is 3.94. The predicted octanol–water partition coefficient (Wildman–Crippen LogP) is 5.48. The smallest absolute Gasteiger partial charge is 0.271 e. The first-order valence-electron chi connectivity index (χ1n) is 12.6. The van der Waals surface area contributed by atoms with Crippen molar-refractivity contribution in [3.8, 4) is 5.75 Å². The second kappa shape index (κ2) is 9.42. The van der Waals surface area contributed by atoms with Crippen LogP contribution in [0.5, 0.6) is 5.75 Å². The van der Waals surface area contributed by atoms with Gasteiger partial charge in [0.1, 0.15) is 5.75 Å². The molecule has 3 heterocycles. The molecule has 1 unspecified atom stereocenters. The average Bonchev–Trinajstić information content (AvgIpc) is 3.51. The van der Waals surface area contributed by atoms with Crippen LogP contribution < -0.4 is 19.6 Å². The second-order valence-corrected chi connectivity index (χ2v) is 11.7. The molecular weight excluding hydrogens is 592 g/mol. The highest BCUT2D eigenvalue weighted by atomic mass is 79.9. The highest BCUT2D eigenvalue weighted by molar-refractivity contribution is 9.10. The molecule has 7 rings (SSSR count). The number of nitro groups is 1. The summed E-state index contributed by atoms with van der Waals surface area (Å²) in [5.74, 6) is 0.782. The predicted molar refractivity (Wildman–Crippen MR) is 158 cm³/mol. The third-order valence-corrected chi connectivity index (χ3v) is 9.00. The zero-order valence-corrected chi connectivity index (χ0v) is 23.6. The summed E-state index contributed by atoms with van der Waals surface area (Å²) in [6.07, 6.45) is 5.21. The fourth-order valence-electron chi connectivity index (χ4n) is 5.67. The first-order chi connectivity index (χ1) is 19.4. The lowest BCUT2D eigenvalue weighted by atomic mass is 9.83. The number of aromatic amines is 1. The molecule has 5 aromatic rings. The van der Waals surface area contributed by atoms with E-state index in [0.717, 1.165) is 55.5 Å². The standard InChI is InChI=1S/C30H21BrN4O4S/c1-39-21-7-9-22-16(12-21)5-8-23-27(22)33-30-34(28(23)17-3-2-4-20(11-17)35(37)38)29(36)26(40-30)13-18-15-32-25-10-6-19(31)14-24(18)25/h2-4,6-7,9-15,28,32H,5,8H2,1H3/b26-13-. The maximum Gasteiger partial charge on any atom is 0.271 e. The Morgan fingerprint density at radius 2 is 2.05 bits per heavy atom. The number of nitrogens with one attached hydrogen (secondary N) is 1. The Balaban J connectivity index is 1.49. The Labute approximate surface area is 239 Å². The summed E-state index contributed by atoms with van der Waals surface area (Å²) in [6, 6.07) is 18.0. The minimum absolute atomic E-state index is 0.0101. The van der Waals surface area contributed by atoms with Crippen LogP contribution in [0.2, 0.25) is 0 Å². The van der Waals surface area contributed by atoms with Gasteiger partial charge in [-0.05, 0) is 72.0 Å². The van der Waals surface area contributed by atoms with Gasteiger partial charge in [0.05, 0.1) is 28.3 Å². The monoisotopic (exact) mass is 612 g/mol. The summed E-state index contributed by atoms with van der Waals surface area (Å²) >= 11 is 4.87. The number of aryl methyl sites for hydroxylation is 1. The number of non-ortho nitro benzene ring substituents is 1. The van der Waals surface area contributed by atoms with Crippen LogP contribution in [0.1, 0.15) is 34.7 Å². The van der Waals surface area contributed by atoms with Crippen LogP contribution in [0.3, 0.4) is 0 Å². The van der Waals surface area contributed by atoms with Gasteiger partial charge in [-0.1, -0.05) is 39.4 Å². The Bertz CT molecular complexity index is 2090. The molecule has 1 N–H and O–H groups in total. The van der Waals surface area contributed by atoms with Crippen molar-refractivity contribution in [3.63, 3.8) is 0 Å². The summed E-state index contributed by atoms with van der Waals surface area (Å²) in [6.45, 7) is 0. The van der Waals surface area contributed by atoms with E-state index in [-0.39, 0.29) is 11.2 Å². The lowest BCUT2D eigenvalue weighted by Crippen LogP contribution is -2.38. The number of hydrogen-bond acceptors (Lipinski definition) is 6. The first kappa shape index (κ1) is 24.7. The number of ether oxygens (including phenoxy) is 1. The van der Waals surface area contributed by atoms with Gasteiger partial charge in [-0.3, -0.25) is 19.5 Å². The van der Waals surface area contributed by atoms with Gasteiger partial charge in [-0.15, -0.1) is 0 Å². The van der Waals surface area contributed by atoms with E-state index in [1.165, 1.54) is 17.4 Å². The molecule has 0 bridgehead atoms. The van der Waals surface area contributed by atoms with E-state index in [2.05, 4.69) is 20.9 Å². The zero-order chi connectivity index (χ0) is 27.5. The van der Waals surface area contributed by atoms with E-state index >= 15 is 0 Å². The van der Waals surface area contributed by atoms with Gasteiger partial charge in [-0.25, -0.2) is 4.99 Å². The Morgan fingerprint density at radius 1 is 1.18 bits per heavy atom. The highest BCUT2D eigenvalue weighted by Gasteiger charge is 2.33. The van der Waals surface area contributed by atoms with Crippen molar-refractivity contribution in [1.29, 1.82) is 0 Å². The summed E-state index contributed by atoms with van der Waals surface area (Å²) in [7, 11) is 1.65. The van der Waals surface area contributed by atoms with Crippen LogP contribution >= 0.6 is 27.3 Å². The van der Waals surface area contributed by atoms with E-state index < -0.39 is 11.0 Å². The van der Waals surface area contributed by atoms with Gasteiger partial charge in [0.15, 0.2) is 4.80 Å². The number of nitro benzene ring substituents is 1. The molecule has 1 atom stereocenters. The number of nitrogens with zero attached hydrogens (tertiary/aromatic N) is 3. The van der Waals surface area contributed by atoms with Gasteiger partial charge in [0, 0.05) is 44.8 Å². The quantitative estimate of drug-likeness (QED) is 0.214. The summed E-state index contributed by atoms with van der Waals surface area (Å²) < 4.78 is 8.64. The van der Waals surface area contributed by atoms with E-state index in [9.17, 15) is 14.9 Å². The molecule has 8 nitrogen and oxygen atoms in total. The second-order valence-electron chi connectivity index (χ2n) is 9.77. The Hall–Kier alpha value is -4.28. The van der Waals surface area contributed by atoms with Crippen LogP contribution in [-0.2, 0) is 6.42 Å². The number of halogens is 1. The van der Waals surface area contributed by atoms with Crippen LogP contribution in [0.15, 0.2) is 86.7 Å². The SMILES string of the molecule is COc1ccc2c(c1)CCC1=C2N=c2s/c(=C\c3c[nH]c4ccc(Br)cc34)c(=O)n2C1c1cccc([N+](=O)[O-])c1. The number of rotatable bonds is 4. The fourth-order valence-corrected chi connectivity index (χ4v) is 7.02. The summed E-state index contributed by atoms with van der Waals surface area (Å²) in [5.41, 5.74) is 6.31. The van der Waals surface area contributed by atoms with Crippen molar-refractivity contribution in [2.24, 2.45) is 4.99 Å². The van der Waals surface area contributed by atoms with Gasteiger partial charge in [-0.2, -0.15) is 0 Å². The number of H-pyrrole nitrogens is 1. The molecule has 0 amide bonds. The van der Waals surface area contributed by atoms with Crippen LogP contribution in [0, 0.1) is 10.1 Å². The van der Waals surface area contributed by atoms with E-state index in [4.69, 9.17) is 9.73 Å². The van der Waals surface area contributed by atoms with E-state index in [1.807, 2.05) is 54.7 Å². The molecule has 10 heteroatoms. The number of thiazole rings is 1. The fraction of sp³-hybridized carbons (Fsp3) is 0.133. The molecule has 198 valence electrons. The maximum absolute atomic E-state index is 14.0. The molecule has 0 fully saturated rings. The first-order valence-corrected chi connectivity index (χ1v) is 14.3. The van der Waals surface area contributed by atoms with Gasteiger partial charge in [0.2, 0.25) is 0 Å². The van der Waals surface area contributed by atoms with E-state index in [0.29, 0.717) is 21.3 Å². The highest BCUT2D eigenvalue weighted by Crippen LogP contribution is 2.42. The Morgan fingerprint density at radius 3 is 2.88 bits per heavy atom. The molecule has 2 aromatic heterocycles. The number of hydrogen-bond donors (Lipinski definition) is 1. The number of allylic oxidation sites excluding steroid dienone is 1. The normalized spacial score (nSPS) is 16.4. The van der Waals surface area contributed by atoms with Crippen molar-refractivity contribution in [3.05, 3.63) is 129 Å². The van der Waals surface area contributed by atoms with Crippen molar-refractivity contribution >= 4 is 55.6 Å². The van der Waals surface area contributed by atoms with Crippen LogP contribution in [0.25, 0.3) is 22.7 Å². The summed E-state index contributed by atoms with van der Waals surface area (Å²) in [4.78, 5) is 34.2. The van der Waals surface area contributed by atoms with Crippen molar-refractivity contribution in [2.45, 2.75) is 18.9 Å². The largest absolute Gasteiger partial charge is 0.497 e. The third-order valence-electron chi connectivity index (χ3n) is 7.53. The van der Waals surface area contributed by atoms with Gasteiger partial charge >= 0.3 is 0 Å². The van der Waals surface area contributed by atoms with Crippen molar-refractivity contribution in [1.82, 2.24) is 9.55 Å². The lowest BCUT2D eigenvalue weighted by molar-refractivity contribution is -0.384. The lowest BCUT2D eigenvalue weighted by Gasteiger charge is -2.31. The number of aromatic nitrogens is 2. The molecule has 1 aliphatic carbocycles. The topological polar surface area (TPSA) is 103 Å². The van der Waals surface area contributed by atoms with Crippen LogP contribution in [0.4, 0.5) is 5.69 Å². The molecule has 0 spiro atoms. The number of fused-ring (bicyclic) bond motifs is 4. The molecule has 0 saturated heterocycles. The molecule has 3 aromatic carbocycles. The van der Waals surface area contributed by atoms with Gasteiger partial charge < -0.3 is 9.72 Å². The molecular formula is C30H21BrN4O4S. The number of benzene rings is 3. The Kier molecular flexibility index (Phi) is 5.83. The molecule has 2 aliphatic rings. The van der Waals surface area contributed by atoms with Crippen molar-refractivity contribution in [2.75, 3.05) is 7.11 Å². The molecule has 1 aliphatic heterocycles. The summed E-state index contributed by atoms with van der Waals surface area (Å²) in [5, 5.41) is 12.7. The van der Waals surface area contributed by atoms with Gasteiger partial charge in [0.25, 0.3) is 11.2 Å².